The van der Waals surface area contributed by atoms with Crippen molar-refractivity contribution in [2.45, 2.75) is 19.4 Å². The maximum absolute atomic E-state index is 5.96. The fraction of sp³-hybridized carbons (Fsp3) is 0.429. The maximum atomic E-state index is 5.96. The molecule has 1 aliphatic heterocycles. The second-order valence-corrected chi connectivity index (χ2v) is 7.05. The number of hydrogen-bond donors (Lipinski definition) is 0. The molecule has 0 atom stereocenters. The number of benzene rings is 2. The summed E-state index contributed by atoms with van der Waals surface area (Å²) in [7, 11) is 0. The van der Waals surface area contributed by atoms with Gasteiger partial charge in [0.1, 0.15) is 5.75 Å². The number of halogens is 1. The molecule has 1 heterocycles. The molecule has 0 N–H and O–H groups in total. The van der Waals surface area contributed by atoms with E-state index >= 15 is 0 Å². The van der Waals surface area contributed by atoms with E-state index < -0.39 is 0 Å². The zero-order chi connectivity index (χ0) is 17.3. The molecule has 0 saturated carbocycles. The molecule has 2 aromatic carbocycles. The molecule has 2 aromatic rings. The number of rotatable bonds is 8. The first-order valence-electron chi connectivity index (χ1n) is 9.16. The Balaban J connectivity index is 1.27. The van der Waals surface area contributed by atoms with Crippen molar-refractivity contribution in [3.8, 4) is 5.75 Å². The first kappa shape index (κ1) is 18.2. The summed E-state index contributed by atoms with van der Waals surface area (Å²) in [6, 6.07) is 18.4. The highest BCUT2D eigenvalue weighted by Crippen LogP contribution is 2.17. The van der Waals surface area contributed by atoms with Crippen molar-refractivity contribution in [3.63, 3.8) is 0 Å². The van der Waals surface area contributed by atoms with E-state index in [-0.39, 0.29) is 0 Å². The molecule has 25 heavy (non-hydrogen) atoms. The van der Waals surface area contributed by atoms with Crippen LogP contribution in [0.2, 0.25) is 5.02 Å². The Kier molecular flexibility index (Phi) is 7.16. The van der Waals surface area contributed by atoms with Gasteiger partial charge in [0.25, 0.3) is 0 Å². The number of nitrogens with zero attached hydrogens (tertiary/aromatic N) is 2. The summed E-state index contributed by atoms with van der Waals surface area (Å²) >= 11 is 5.96. The van der Waals surface area contributed by atoms with Crippen molar-refractivity contribution < 1.29 is 4.74 Å². The molecule has 0 aliphatic carbocycles. The van der Waals surface area contributed by atoms with E-state index in [0.717, 1.165) is 50.0 Å². The van der Waals surface area contributed by atoms with Crippen LogP contribution in [-0.4, -0.2) is 49.1 Å². The number of ether oxygens (including phenoxy) is 1. The molecule has 1 fully saturated rings. The fourth-order valence-electron chi connectivity index (χ4n) is 3.20. The lowest BCUT2D eigenvalue weighted by molar-refractivity contribution is 0.124. The van der Waals surface area contributed by atoms with Crippen LogP contribution in [0.1, 0.15) is 18.4 Å². The molecular weight excluding hydrogens is 332 g/mol. The van der Waals surface area contributed by atoms with Crippen LogP contribution in [0.4, 0.5) is 0 Å². The molecule has 0 radical (unpaired) electrons. The summed E-state index contributed by atoms with van der Waals surface area (Å²) < 4.78 is 5.75. The van der Waals surface area contributed by atoms with Crippen molar-refractivity contribution in [3.05, 3.63) is 65.2 Å². The van der Waals surface area contributed by atoms with Gasteiger partial charge in [-0.25, -0.2) is 0 Å². The highest BCUT2D eigenvalue weighted by Gasteiger charge is 2.16. The average Bonchev–Trinajstić information content (AvgIpc) is 2.64. The van der Waals surface area contributed by atoms with E-state index in [1.165, 1.54) is 25.1 Å². The summed E-state index contributed by atoms with van der Waals surface area (Å²) in [4.78, 5) is 5.12. The maximum Gasteiger partial charge on any atom is 0.120 e. The third-order valence-electron chi connectivity index (χ3n) is 4.65. The molecule has 0 amide bonds. The zero-order valence-electron chi connectivity index (χ0n) is 14.7. The van der Waals surface area contributed by atoms with Crippen LogP contribution in [-0.2, 0) is 6.54 Å². The van der Waals surface area contributed by atoms with Gasteiger partial charge in [0.05, 0.1) is 6.61 Å². The van der Waals surface area contributed by atoms with Crippen LogP contribution >= 0.6 is 11.6 Å². The van der Waals surface area contributed by atoms with Gasteiger partial charge in [-0.2, -0.15) is 0 Å². The number of unbranched alkanes of at least 4 members (excludes halogenated alkanes) is 1. The molecule has 3 nitrogen and oxygen atoms in total. The van der Waals surface area contributed by atoms with Gasteiger partial charge in [-0.15, -0.1) is 0 Å². The Morgan fingerprint density at radius 3 is 2.36 bits per heavy atom. The smallest absolute Gasteiger partial charge is 0.120 e. The molecule has 1 saturated heterocycles. The van der Waals surface area contributed by atoms with E-state index in [0.29, 0.717) is 0 Å². The van der Waals surface area contributed by atoms with Crippen LogP contribution in [0, 0.1) is 0 Å². The first-order valence-corrected chi connectivity index (χ1v) is 9.54. The minimum atomic E-state index is 0.728. The van der Waals surface area contributed by atoms with Crippen molar-refractivity contribution in [2.75, 3.05) is 39.3 Å². The topological polar surface area (TPSA) is 15.7 Å². The Morgan fingerprint density at radius 1 is 0.840 bits per heavy atom. The quantitative estimate of drug-likeness (QED) is 0.654. The lowest BCUT2D eigenvalue weighted by Gasteiger charge is -2.34. The molecule has 0 aromatic heterocycles. The molecule has 0 spiro atoms. The van der Waals surface area contributed by atoms with Gasteiger partial charge in [-0.3, -0.25) is 4.90 Å². The molecule has 4 heteroatoms. The second kappa shape index (κ2) is 9.81. The van der Waals surface area contributed by atoms with Gasteiger partial charge in [-0.05, 0) is 43.1 Å². The molecular formula is C21H27ClN2O. The van der Waals surface area contributed by atoms with Crippen LogP contribution in [0.3, 0.4) is 0 Å². The third kappa shape index (κ3) is 6.35. The Hall–Kier alpha value is -1.55. The van der Waals surface area contributed by atoms with E-state index in [2.05, 4.69) is 40.1 Å². The van der Waals surface area contributed by atoms with Crippen LogP contribution in [0.25, 0.3) is 0 Å². The van der Waals surface area contributed by atoms with Gasteiger partial charge in [0.15, 0.2) is 0 Å². The third-order valence-corrected chi connectivity index (χ3v) is 4.88. The SMILES string of the molecule is Clc1cccc(OCCCCN2CCN(Cc3ccccc3)CC2)c1. The molecule has 0 unspecified atom stereocenters. The Bertz CT molecular complexity index is 627. The fourth-order valence-corrected chi connectivity index (χ4v) is 3.38. The molecule has 3 rings (SSSR count). The standard InChI is InChI=1S/C21H27ClN2O/c22-20-9-6-10-21(17-20)25-16-5-4-11-23-12-14-24(15-13-23)18-19-7-2-1-3-8-19/h1-3,6-10,17H,4-5,11-16,18H2. The van der Waals surface area contributed by atoms with E-state index in [1.807, 2.05) is 24.3 Å². The number of hydrogen-bond acceptors (Lipinski definition) is 3. The Morgan fingerprint density at radius 2 is 1.60 bits per heavy atom. The van der Waals surface area contributed by atoms with E-state index in [9.17, 15) is 0 Å². The summed E-state index contributed by atoms with van der Waals surface area (Å²) in [5, 5.41) is 0.728. The minimum absolute atomic E-state index is 0.728. The van der Waals surface area contributed by atoms with Gasteiger partial charge in [0.2, 0.25) is 0 Å². The van der Waals surface area contributed by atoms with Gasteiger partial charge >= 0.3 is 0 Å². The van der Waals surface area contributed by atoms with Gasteiger partial charge in [-0.1, -0.05) is 48.0 Å². The number of piperazine rings is 1. The monoisotopic (exact) mass is 358 g/mol. The molecule has 134 valence electrons. The average molecular weight is 359 g/mol. The largest absolute Gasteiger partial charge is 0.494 e. The van der Waals surface area contributed by atoms with Crippen LogP contribution in [0.5, 0.6) is 5.75 Å². The Labute approximate surface area is 156 Å². The van der Waals surface area contributed by atoms with Crippen LogP contribution < -0.4 is 4.74 Å². The van der Waals surface area contributed by atoms with Crippen LogP contribution in [0.15, 0.2) is 54.6 Å². The lowest BCUT2D eigenvalue weighted by Crippen LogP contribution is -2.46. The molecule has 1 aliphatic rings. The summed E-state index contributed by atoms with van der Waals surface area (Å²) in [6.07, 6.45) is 2.26. The minimum Gasteiger partial charge on any atom is -0.494 e. The van der Waals surface area contributed by atoms with E-state index in [4.69, 9.17) is 16.3 Å². The highest BCUT2D eigenvalue weighted by molar-refractivity contribution is 6.30. The lowest BCUT2D eigenvalue weighted by atomic mass is 10.2. The van der Waals surface area contributed by atoms with Crippen molar-refractivity contribution >= 4 is 11.6 Å². The first-order chi connectivity index (χ1) is 12.3. The molecule has 0 bridgehead atoms. The summed E-state index contributed by atoms with van der Waals surface area (Å²) in [5.74, 6) is 0.863. The van der Waals surface area contributed by atoms with Gasteiger partial charge in [0, 0.05) is 37.7 Å². The van der Waals surface area contributed by atoms with Crippen molar-refractivity contribution in [1.82, 2.24) is 9.80 Å². The summed E-state index contributed by atoms with van der Waals surface area (Å²) in [5.41, 5.74) is 1.41. The predicted molar refractivity (Wildman–Crippen MR) is 104 cm³/mol. The zero-order valence-corrected chi connectivity index (χ0v) is 15.5. The highest BCUT2D eigenvalue weighted by atomic mass is 35.5. The van der Waals surface area contributed by atoms with Crippen molar-refractivity contribution in [1.29, 1.82) is 0 Å². The van der Waals surface area contributed by atoms with Gasteiger partial charge < -0.3 is 9.64 Å². The normalized spacial score (nSPS) is 16.0. The second-order valence-electron chi connectivity index (χ2n) is 6.62. The van der Waals surface area contributed by atoms with Crippen molar-refractivity contribution in [2.24, 2.45) is 0 Å². The summed E-state index contributed by atoms with van der Waals surface area (Å²) in [6.45, 7) is 7.65. The predicted octanol–water partition coefficient (Wildman–Crippen LogP) is 4.32. The van der Waals surface area contributed by atoms with E-state index in [1.54, 1.807) is 0 Å².